The lowest BCUT2D eigenvalue weighted by atomic mass is 10.0. The van der Waals surface area contributed by atoms with Gasteiger partial charge in [0.05, 0.1) is 18.3 Å². The first-order valence-electron chi connectivity index (χ1n) is 6.81. The molecule has 1 aliphatic heterocycles. The Morgan fingerprint density at radius 2 is 2.28 bits per heavy atom. The molecule has 1 fully saturated rings. The topological polar surface area (TPSA) is 51.4 Å². The van der Waals surface area contributed by atoms with Crippen LogP contribution in [0.4, 0.5) is 0 Å². The number of nitrogens with zero attached hydrogens (tertiary/aromatic N) is 2. The van der Waals surface area contributed by atoms with E-state index in [1.54, 1.807) is 0 Å². The maximum absolute atomic E-state index is 6.31. The molecule has 1 aliphatic rings. The van der Waals surface area contributed by atoms with Gasteiger partial charge in [0, 0.05) is 31.9 Å². The van der Waals surface area contributed by atoms with Crippen LogP contribution in [0.15, 0.2) is 24.4 Å². The van der Waals surface area contributed by atoms with Crippen LogP contribution in [-0.2, 0) is 4.74 Å². The van der Waals surface area contributed by atoms with Crippen molar-refractivity contribution in [3.8, 4) is 0 Å². The van der Waals surface area contributed by atoms with Crippen molar-refractivity contribution in [3.63, 3.8) is 0 Å². The summed E-state index contributed by atoms with van der Waals surface area (Å²) in [6, 6.07) is 6.39. The minimum Gasteiger partial charge on any atom is -0.380 e. The summed E-state index contributed by atoms with van der Waals surface area (Å²) in [6.45, 7) is 5.76. The lowest BCUT2D eigenvalue weighted by Crippen LogP contribution is -2.42. The molecule has 100 valence electrons. The van der Waals surface area contributed by atoms with E-state index in [0.29, 0.717) is 0 Å². The molecule has 2 atom stereocenters. The summed E-state index contributed by atoms with van der Waals surface area (Å²) in [6.07, 6.45) is 3.87. The van der Waals surface area contributed by atoms with Crippen molar-refractivity contribution in [2.24, 2.45) is 5.73 Å². The average Bonchev–Trinajstić information content (AvgIpc) is 2.69. The smallest absolute Gasteiger partial charge is 0.0674 e. The van der Waals surface area contributed by atoms with Crippen molar-refractivity contribution in [2.75, 3.05) is 26.3 Å². The molecule has 0 radical (unpaired) electrons. The highest BCUT2D eigenvalue weighted by atomic mass is 16.5. The van der Waals surface area contributed by atoms with E-state index in [2.05, 4.69) is 22.9 Å². The quantitative estimate of drug-likeness (QED) is 0.880. The molecule has 2 N–H and O–H groups in total. The Balaban J connectivity index is 2.18. The summed E-state index contributed by atoms with van der Waals surface area (Å²) in [5.74, 6) is 0. The van der Waals surface area contributed by atoms with Crippen molar-refractivity contribution in [2.45, 2.75) is 31.8 Å². The number of hydrogen-bond donors (Lipinski definition) is 1. The maximum Gasteiger partial charge on any atom is 0.0674 e. The molecule has 0 saturated carbocycles. The van der Waals surface area contributed by atoms with Gasteiger partial charge in [0.2, 0.25) is 0 Å². The highest BCUT2D eigenvalue weighted by Gasteiger charge is 2.27. The molecule has 18 heavy (non-hydrogen) atoms. The van der Waals surface area contributed by atoms with Crippen LogP contribution >= 0.6 is 0 Å². The molecule has 0 spiro atoms. The summed E-state index contributed by atoms with van der Waals surface area (Å²) in [5, 5.41) is 0. The van der Waals surface area contributed by atoms with Crippen LogP contribution in [0.25, 0.3) is 0 Å². The molecule has 0 bridgehead atoms. The fourth-order valence-corrected chi connectivity index (χ4v) is 2.49. The zero-order valence-electron chi connectivity index (χ0n) is 11.1. The van der Waals surface area contributed by atoms with Gasteiger partial charge >= 0.3 is 0 Å². The van der Waals surface area contributed by atoms with Gasteiger partial charge in [0.15, 0.2) is 0 Å². The van der Waals surface area contributed by atoms with E-state index in [9.17, 15) is 0 Å². The Hall–Kier alpha value is -0.970. The van der Waals surface area contributed by atoms with Crippen LogP contribution < -0.4 is 5.73 Å². The molecule has 1 aromatic heterocycles. The third kappa shape index (κ3) is 3.28. The first kappa shape index (κ1) is 13.5. The van der Waals surface area contributed by atoms with Crippen LogP contribution in [0, 0.1) is 0 Å². The van der Waals surface area contributed by atoms with Crippen molar-refractivity contribution in [1.29, 1.82) is 0 Å². The summed E-state index contributed by atoms with van der Waals surface area (Å²) >= 11 is 0. The molecule has 2 heterocycles. The van der Waals surface area contributed by atoms with Gasteiger partial charge in [-0.3, -0.25) is 9.88 Å². The van der Waals surface area contributed by atoms with E-state index in [1.165, 1.54) is 0 Å². The largest absolute Gasteiger partial charge is 0.380 e. The highest BCUT2D eigenvalue weighted by molar-refractivity contribution is 5.11. The van der Waals surface area contributed by atoms with E-state index >= 15 is 0 Å². The Morgan fingerprint density at radius 3 is 3.00 bits per heavy atom. The van der Waals surface area contributed by atoms with E-state index in [-0.39, 0.29) is 12.1 Å². The lowest BCUT2D eigenvalue weighted by Gasteiger charge is -2.33. The van der Waals surface area contributed by atoms with Gasteiger partial charge in [-0.25, -0.2) is 0 Å². The molecular formula is C14H23N3O. The lowest BCUT2D eigenvalue weighted by molar-refractivity contribution is 0.124. The monoisotopic (exact) mass is 249 g/mol. The second-order valence-electron chi connectivity index (χ2n) is 4.77. The first-order valence-corrected chi connectivity index (χ1v) is 6.81. The van der Waals surface area contributed by atoms with Gasteiger partial charge < -0.3 is 10.5 Å². The third-order valence-electron chi connectivity index (χ3n) is 3.52. The second kappa shape index (κ2) is 6.83. The predicted molar refractivity (Wildman–Crippen MR) is 72.3 cm³/mol. The standard InChI is InChI=1S/C14H23N3O/c1-2-12(15)14(13-6-3-4-7-16-13)17-8-5-10-18-11-9-17/h3-4,6-7,12,14H,2,5,8-11,15H2,1H3. The SMILES string of the molecule is CCC(N)C(c1ccccn1)N1CCCOCC1. The molecule has 0 amide bonds. The minimum absolute atomic E-state index is 0.123. The summed E-state index contributed by atoms with van der Waals surface area (Å²) in [4.78, 5) is 6.91. The molecular weight excluding hydrogens is 226 g/mol. The van der Waals surface area contributed by atoms with Crippen LogP contribution in [-0.4, -0.2) is 42.2 Å². The minimum atomic E-state index is 0.123. The molecule has 2 rings (SSSR count). The van der Waals surface area contributed by atoms with Gasteiger partial charge in [-0.15, -0.1) is 0 Å². The van der Waals surface area contributed by atoms with E-state index in [1.807, 2.05) is 18.3 Å². The molecule has 0 aliphatic carbocycles. The maximum atomic E-state index is 6.31. The number of hydrogen-bond acceptors (Lipinski definition) is 4. The Bertz CT molecular complexity index is 336. The van der Waals surface area contributed by atoms with Crippen LogP contribution in [0.5, 0.6) is 0 Å². The average molecular weight is 249 g/mol. The summed E-state index contributed by atoms with van der Waals surface area (Å²) < 4.78 is 5.52. The van der Waals surface area contributed by atoms with Gasteiger partial charge in [0.25, 0.3) is 0 Å². The van der Waals surface area contributed by atoms with Gasteiger partial charge in [0.1, 0.15) is 0 Å². The summed E-state index contributed by atoms with van der Waals surface area (Å²) in [7, 11) is 0. The first-order chi connectivity index (χ1) is 8.83. The normalized spacial score (nSPS) is 21.2. The zero-order valence-corrected chi connectivity index (χ0v) is 11.1. The van der Waals surface area contributed by atoms with Crippen molar-refractivity contribution in [3.05, 3.63) is 30.1 Å². The molecule has 1 saturated heterocycles. The Morgan fingerprint density at radius 1 is 1.39 bits per heavy atom. The van der Waals surface area contributed by atoms with Gasteiger partial charge in [-0.2, -0.15) is 0 Å². The van der Waals surface area contributed by atoms with E-state index in [0.717, 1.165) is 44.8 Å². The van der Waals surface area contributed by atoms with Crippen molar-refractivity contribution >= 4 is 0 Å². The highest BCUT2D eigenvalue weighted by Crippen LogP contribution is 2.24. The number of aromatic nitrogens is 1. The molecule has 4 nitrogen and oxygen atoms in total. The van der Waals surface area contributed by atoms with Crippen molar-refractivity contribution in [1.82, 2.24) is 9.88 Å². The van der Waals surface area contributed by atoms with Crippen LogP contribution in [0.3, 0.4) is 0 Å². The van der Waals surface area contributed by atoms with Gasteiger partial charge in [-0.1, -0.05) is 13.0 Å². The number of rotatable bonds is 4. The van der Waals surface area contributed by atoms with Crippen LogP contribution in [0.1, 0.15) is 31.5 Å². The molecule has 0 aromatic carbocycles. The second-order valence-corrected chi connectivity index (χ2v) is 4.77. The van der Waals surface area contributed by atoms with E-state index < -0.39 is 0 Å². The van der Waals surface area contributed by atoms with E-state index in [4.69, 9.17) is 10.5 Å². The van der Waals surface area contributed by atoms with Gasteiger partial charge in [-0.05, 0) is 25.0 Å². The Kier molecular flexibility index (Phi) is 5.11. The molecule has 1 aromatic rings. The zero-order chi connectivity index (χ0) is 12.8. The number of ether oxygens (including phenoxy) is 1. The summed E-state index contributed by atoms with van der Waals surface area (Å²) in [5.41, 5.74) is 7.39. The Labute approximate surface area is 109 Å². The van der Waals surface area contributed by atoms with Crippen molar-refractivity contribution < 1.29 is 4.74 Å². The molecule has 4 heteroatoms. The number of pyridine rings is 1. The number of nitrogens with two attached hydrogens (primary N) is 1. The fraction of sp³-hybridized carbons (Fsp3) is 0.643. The fourth-order valence-electron chi connectivity index (χ4n) is 2.49. The predicted octanol–water partition coefficient (Wildman–Crippen LogP) is 1.58. The third-order valence-corrected chi connectivity index (χ3v) is 3.52. The molecule has 2 unspecified atom stereocenters. The van der Waals surface area contributed by atoms with Crippen LogP contribution in [0.2, 0.25) is 0 Å².